The summed E-state index contributed by atoms with van der Waals surface area (Å²) in [5, 5.41) is 5.38. The largest absolute Gasteiger partial charge is 0.497 e. The van der Waals surface area contributed by atoms with Crippen molar-refractivity contribution in [2.75, 3.05) is 13.7 Å². The lowest BCUT2D eigenvalue weighted by Gasteiger charge is -2.20. The van der Waals surface area contributed by atoms with Gasteiger partial charge in [-0.3, -0.25) is 9.59 Å². The fraction of sp³-hybridized carbons (Fsp3) is 0.467. The summed E-state index contributed by atoms with van der Waals surface area (Å²) in [7, 11) is 1.58. The summed E-state index contributed by atoms with van der Waals surface area (Å²) >= 11 is 0. The van der Waals surface area contributed by atoms with Crippen LogP contribution in [0.2, 0.25) is 0 Å². The van der Waals surface area contributed by atoms with Crippen LogP contribution in [-0.4, -0.2) is 31.0 Å². The molecule has 0 fully saturated rings. The van der Waals surface area contributed by atoms with Crippen molar-refractivity contribution < 1.29 is 14.3 Å². The van der Waals surface area contributed by atoms with Crippen LogP contribution < -0.4 is 15.4 Å². The van der Waals surface area contributed by atoms with Crippen molar-refractivity contribution in [2.45, 2.75) is 32.7 Å². The number of ether oxygens (including phenoxy) is 1. The van der Waals surface area contributed by atoms with Gasteiger partial charge in [-0.15, -0.1) is 0 Å². The molecule has 1 aromatic carbocycles. The van der Waals surface area contributed by atoms with Crippen molar-refractivity contribution in [1.82, 2.24) is 10.6 Å². The summed E-state index contributed by atoms with van der Waals surface area (Å²) in [6, 6.07) is 7.29. The molecule has 0 heterocycles. The zero-order chi connectivity index (χ0) is 15.2. The number of carbonyl (C=O) groups is 2. The molecule has 1 aromatic rings. The Kier molecular flexibility index (Phi) is 5.55. The highest BCUT2D eigenvalue weighted by Crippen LogP contribution is 2.12. The van der Waals surface area contributed by atoms with Gasteiger partial charge in [-0.2, -0.15) is 0 Å². The minimum atomic E-state index is -0.297. The van der Waals surface area contributed by atoms with Crippen LogP contribution in [0.25, 0.3) is 0 Å². The zero-order valence-corrected chi connectivity index (χ0v) is 12.4. The quantitative estimate of drug-likeness (QED) is 0.852. The first-order valence-corrected chi connectivity index (χ1v) is 6.51. The summed E-state index contributed by atoms with van der Waals surface area (Å²) < 4.78 is 5.09. The molecule has 20 heavy (non-hydrogen) atoms. The molecule has 0 saturated carbocycles. The summed E-state index contributed by atoms with van der Waals surface area (Å²) in [6.07, 6.45) is 0.222. The molecule has 0 aliphatic rings. The fourth-order valence-corrected chi connectivity index (χ4v) is 1.67. The predicted molar refractivity (Wildman–Crippen MR) is 77.6 cm³/mol. The Morgan fingerprint density at radius 3 is 2.50 bits per heavy atom. The van der Waals surface area contributed by atoms with Crippen molar-refractivity contribution in [2.24, 2.45) is 0 Å². The number of carbonyl (C=O) groups excluding carboxylic acids is 2. The SMILES string of the molecule is COc1cccc(CC(=O)NCC(=O)NC(C)(C)C)c1. The highest BCUT2D eigenvalue weighted by Gasteiger charge is 2.14. The number of hydrogen-bond donors (Lipinski definition) is 2. The molecule has 2 N–H and O–H groups in total. The molecular weight excluding hydrogens is 256 g/mol. The van der Waals surface area contributed by atoms with E-state index in [1.165, 1.54) is 0 Å². The smallest absolute Gasteiger partial charge is 0.239 e. The van der Waals surface area contributed by atoms with E-state index in [1.54, 1.807) is 13.2 Å². The third-order valence-corrected chi connectivity index (χ3v) is 2.46. The van der Waals surface area contributed by atoms with E-state index in [0.717, 1.165) is 5.56 Å². The summed E-state index contributed by atoms with van der Waals surface area (Å²) in [5.74, 6) is 0.319. The van der Waals surface area contributed by atoms with Gasteiger partial charge in [0.25, 0.3) is 0 Å². The zero-order valence-electron chi connectivity index (χ0n) is 12.4. The molecule has 0 bridgehead atoms. The molecule has 5 heteroatoms. The van der Waals surface area contributed by atoms with Crippen LogP contribution in [-0.2, 0) is 16.0 Å². The molecule has 0 radical (unpaired) electrons. The van der Waals surface area contributed by atoms with E-state index in [4.69, 9.17) is 4.74 Å². The number of rotatable bonds is 5. The number of benzene rings is 1. The lowest BCUT2D eigenvalue weighted by molar-refractivity contribution is -0.126. The van der Waals surface area contributed by atoms with Gasteiger partial charge in [0.15, 0.2) is 0 Å². The van der Waals surface area contributed by atoms with E-state index >= 15 is 0 Å². The van der Waals surface area contributed by atoms with Crippen LogP contribution in [0.1, 0.15) is 26.3 Å². The first-order valence-electron chi connectivity index (χ1n) is 6.51. The molecule has 110 valence electrons. The average molecular weight is 278 g/mol. The molecule has 0 aliphatic carbocycles. The molecule has 2 amide bonds. The topological polar surface area (TPSA) is 67.4 Å². The third-order valence-electron chi connectivity index (χ3n) is 2.46. The Morgan fingerprint density at radius 1 is 1.20 bits per heavy atom. The lowest BCUT2D eigenvalue weighted by atomic mass is 10.1. The highest BCUT2D eigenvalue weighted by molar-refractivity contribution is 5.86. The van der Waals surface area contributed by atoms with Crippen LogP contribution in [0.5, 0.6) is 5.75 Å². The van der Waals surface area contributed by atoms with Crippen LogP contribution in [0, 0.1) is 0 Å². The van der Waals surface area contributed by atoms with Crippen LogP contribution >= 0.6 is 0 Å². The minimum Gasteiger partial charge on any atom is -0.497 e. The van der Waals surface area contributed by atoms with Gasteiger partial charge in [0, 0.05) is 5.54 Å². The normalized spacial score (nSPS) is 10.8. The van der Waals surface area contributed by atoms with Crippen molar-refractivity contribution in [3.8, 4) is 5.75 Å². The molecule has 5 nitrogen and oxygen atoms in total. The van der Waals surface area contributed by atoms with Gasteiger partial charge < -0.3 is 15.4 Å². The van der Waals surface area contributed by atoms with Gasteiger partial charge in [0.05, 0.1) is 20.1 Å². The standard InChI is InChI=1S/C15H22N2O3/c1-15(2,3)17-14(19)10-16-13(18)9-11-6-5-7-12(8-11)20-4/h5-8H,9-10H2,1-4H3,(H,16,18)(H,17,19). The molecule has 0 aliphatic heterocycles. The Hall–Kier alpha value is -2.04. The highest BCUT2D eigenvalue weighted by atomic mass is 16.5. The van der Waals surface area contributed by atoms with Gasteiger partial charge >= 0.3 is 0 Å². The van der Waals surface area contributed by atoms with Crippen molar-refractivity contribution >= 4 is 11.8 Å². The second-order valence-corrected chi connectivity index (χ2v) is 5.60. The van der Waals surface area contributed by atoms with Crippen molar-refractivity contribution in [3.63, 3.8) is 0 Å². The maximum Gasteiger partial charge on any atom is 0.239 e. The Labute approximate surface area is 119 Å². The van der Waals surface area contributed by atoms with Crippen LogP contribution in [0.15, 0.2) is 24.3 Å². The molecular formula is C15H22N2O3. The number of nitrogens with one attached hydrogen (secondary N) is 2. The molecule has 0 unspecified atom stereocenters. The fourth-order valence-electron chi connectivity index (χ4n) is 1.67. The van der Waals surface area contributed by atoms with E-state index in [1.807, 2.05) is 39.0 Å². The average Bonchev–Trinajstić information content (AvgIpc) is 2.34. The first kappa shape index (κ1) is 16.0. The molecule has 0 spiro atoms. The molecule has 0 atom stereocenters. The predicted octanol–water partition coefficient (Wildman–Crippen LogP) is 1.27. The minimum absolute atomic E-state index is 0.0138. The van der Waals surface area contributed by atoms with E-state index in [0.29, 0.717) is 5.75 Å². The molecule has 1 rings (SSSR count). The summed E-state index contributed by atoms with van der Waals surface area (Å²) in [5.41, 5.74) is 0.548. The number of amides is 2. The summed E-state index contributed by atoms with van der Waals surface area (Å²) in [4.78, 5) is 23.3. The van der Waals surface area contributed by atoms with Crippen molar-refractivity contribution in [1.29, 1.82) is 0 Å². The van der Waals surface area contributed by atoms with Gasteiger partial charge in [0.2, 0.25) is 11.8 Å². The van der Waals surface area contributed by atoms with Gasteiger partial charge in [-0.25, -0.2) is 0 Å². The number of hydrogen-bond acceptors (Lipinski definition) is 3. The van der Waals surface area contributed by atoms with Gasteiger partial charge in [-0.1, -0.05) is 12.1 Å². The van der Waals surface area contributed by atoms with Crippen LogP contribution in [0.3, 0.4) is 0 Å². The monoisotopic (exact) mass is 278 g/mol. The van der Waals surface area contributed by atoms with Crippen LogP contribution in [0.4, 0.5) is 0 Å². The van der Waals surface area contributed by atoms with Crippen molar-refractivity contribution in [3.05, 3.63) is 29.8 Å². The van der Waals surface area contributed by atoms with Gasteiger partial charge in [-0.05, 0) is 38.5 Å². The maximum atomic E-state index is 11.8. The first-order chi connectivity index (χ1) is 9.30. The van der Waals surface area contributed by atoms with Gasteiger partial charge in [0.1, 0.15) is 5.75 Å². The third kappa shape index (κ3) is 6.22. The van der Waals surface area contributed by atoms with E-state index in [2.05, 4.69) is 10.6 Å². The maximum absolute atomic E-state index is 11.8. The van der Waals surface area contributed by atoms with E-state index in [-0.39, 0.29) is 30.3 Å². The Morgan fingerprint density at radius 2 is 1.90 bits per heavy atom. The van der Waals surface area contributed by atoms with E-state index < -0.39 is 0 Å². The van der Waals surface area contributed by atoms with E-state index in [9.17, 15) is 9.59 Å². The Bertz CT molecular complexity index is 478. The molecule has 0 aromatic heterocycles. The second kappa shape index (κ2) is 6.93. The molecule has 0 saturated heterocycles. The lowest BCUT2D eigenvalue weighted by Crippen LogP contribution is -2.46. The number of methoxy groups -OCH3 is 1. The summed E-state index contributed by atoms with van der Waals surface area (Å²) in [6.45, 7) is 5.66. The second-order valence-electron chi connectivity index (χ2n) is 5.60. The Balaban J connectivity index is 2.42.